The molecular weight excluding hydrogens is 261 g/mol. The van der Waals surface area contributed by atoms with Crippen LogP contribution in [0.25, 0.3) is 10.9 Å². The van der Waals surface area contributed by atoms with E-state index in [9.17, 15) is 14.0 Å². The molecular formula is C15H16FNO3. The number of fused-ring (bicyclic) bond motifs is 1. The van der Waals surface area contributed by atoms with Crippen molar-refractivity contribution in [2.45, 2.75) is 38.6 Å². The lowest BCUT2D eigenvalue weighted by Crippen LogP contribution is -2.28. The molecule has 1 fully saturated rings. The van der Waals surface area contributed by atoms with Crippen LogP contribution >= 0.6 is 0 Å². The molecule has 20 heavy (non-hydrogen) atoms. The molecule has 0 spiro atoms. The van der Waals surface area contributed by atoms with E-state index in [0.29, 0.717) is 18.0 Å². The third kappa shape index (κ3) is 2.40. The molecule has 1 aliphatic rings. The SMILES string of the molecule is O=c1oc(=O)n(CC2CCCCC2)c2ccc(F)cc12. The molecule has 2 aromatic rings. The van der Waals surface area contributed by atoms with Gasteiger partial charge in [-0.25, -0.2) is 14.0 Å². The summed E-state index contributed by atoms with van der Waals surface area (Å²) in [6.45, 7) is 0.532. The molecule has 0 aliphatic heterocycles. The van der Waals surface area contributed by atoms with E-state index >= 15 is 0 Å². The summed E-state index contributed by atoms with van der Waals surface area (Å²) in [6.07, 6.45) is 5.73. The predicted molar refractivity (Wildman–Crippen MR) is 73.3 cm³/mol. The van der Waals surface area contributed by atoms with Gasteiger partial charge in [0.15, 0.2) is 0 Å². The van der Waals surface area contributed by atoms with Gasteiger partial charge in [0, 0.05) is 6.54 Å². The maximum atomic E-state index is 13.2. The zero-order valence-corrected chi connectivity index (χ0v) is 11.1. The van der Waals surface area contributed by atoms with Gasteiger partial charge < -0.3 is 4.42 Å². The Bertz CT molecular complexity index is 741. The van der Waals surface area contributed by atoms with Crippen LogP contribution < -0.4 is 11.4 Å². The molecule has 106 valence electrons. The highest BCUT2D eigenvalue weighted by atomic mass is 19.1. The van der Waals surface area contributed by atoms with Crippen LogP contribution in [0, 0.1) is 11.7 Å². The van der Waals surface area contributed by atoms with Gasteiger partial charge in [-0.2, -0.15) is 0 Å². The molecule has 0 N–H and O–H groups in total. The van der Waals surface area contributed by atoms with Crippen LogP contribution in [-0.2, 0) is 6.54 Å². The first-order valence-electron chi connectivity index (χ1n) is 6.98. The normalized spacial score (nSPS) is 16.6. The molecule has 0 atom stereocenters. The summed E-state index contributed by atoms with van der Waals surface area (Å²) in [6, 6.07) is 3.86. The molecule has 1 aromatic carbocycles. The molecule has 5 heteroatoms. The highest BCUT2D eigenvalue weighted by Crippen LogP contribution is 2.25. The second-order valence-electron chi connectivity index (χ2n) is 5.43. The van der Waals surface area contributed by atoms with E-state index in [1.54, 1.807) is 0 Å². The Kier molecular flexibility index (Phi) is 3.42. The summed E-state index contributed by atoms with van der Waals surface area (Å²) in [5.41, 5.74) is -0.317. The monoisotopic (exact) mass is 277 g/mol. The number of rotatable bonds is 2. The van der Waals surface area contributed by atoms with Crippen molar-refractivity contribution in [1.29, 1.82) is 0 Å². The average Bonchev–Trinajstić information content (AvgIpc) is 2.45. The third-order valence-corrected chi connectivity index (χ3v) is 4.04. The Labute approximate surface area is 114 Å². The van der Waals surface area contributed by atoms with Crippen LogP contribution in [0.2, 0.25) is 0 Å². The first-order valence-corrected chi connectivity index (χ1v) is 6.98. The van der Waals surface area contributed by atoms with Gasteiger partial charge in [-0.05, 0) is 37.0 Å². The van der Waals surface area contributed by atoms with E-state index in [2.05, 4.69) is 0 Å². The highest BCUT2D eigenvalue weighted by molar-refractivity contribution is 5.77. The first-order chi connectivity index (χ1) is 9.65. The maximum absolute atomic E-state index is 13.2. The minimum Gasteiger partial charge on any atom is -0.372 e. The van der Waals surface area contributed by atoms with Gasteiger partial charge in [0.25, 0.3) is 0 Å². The fourth-order valence-corrected chi connectivity index (χ4v) is 3.00. The van der Waals surface area contributed by atoms with Crippen LogP contribution in [0.4, 0.5) is 4.39 Å². The average molecular weight is 277 g/mol. The van der Waals surface area contributed by atoms with Gasteiger partial charge in [-0.1, -0.05) is 19.3 Å². The lowest BCUT2D eigenvalue weighted by Gasteiger charge is -2.22. The van der Waals surface area contributed by atoms with E-state index in [0.717, 1.165) is 18.9 Å². The second-order valence-corrected chi connectivity index (χ2v) is 5.43. The molecule has 1 heterocycles. The predicted octanol–water partition coefficient (Wildman–Crippen LogP) is 2.67. The number of halogens is 1. The van der Waals surface area contributed by atoms with E-state index in [4.69, 9.17) is 4.42 Å². The number of benzene rings is 1. The Morgan fingerprint density at radius 3 is 2.70 bits per heavy atom. The van der Waals surface area contributed by atoms with Crippen molar-refractivity contribution in [2.24, 2.45) is 5.92 Å². The Hall–Kier alpha value is -1.91. The fraction of sp³-hybridized carbons (Fsp3) is 0.467. The lowest BCUT2D eigenvalue weighted by molar-refractivity contribution is 0.300. The quantitative estimate of drug-likeness (QED) is 0.848. The van der Waals surface area contributed by atoms with Gasteiger partial charge in [-0.15, -0.1) is 0 Å². The lowest BCUT2D eigenvalue weighted by atomic mass is 9.89. The van der Waals surface area contributed by atoms with Crippen molar-refractivity contribution in [1.82, 2.24) is 4.57 Å². The molecule has 1 aliphatic carbocycles. The number of aromatic nitrogens is 1. The molecule has 0 bridgehead atoms. The summed E-state index contributed by atoms with van der Waals surface area (Å²) in [5.74, 6) is -0.741. The smallest absolute Gasteiger partial charge is 0.372 e. The summed E-state index contributed by atoms with van der Waals surface area (Å²) in [4.78, 5) is 23.6. The van der Waals surface area contributed by atoms with Crippen LogP contribution in [-0.4, -0.2) is 4.57 Å². The standard InChI is InChI=1S/C15H16FNO3/c16-11-6-7-13-12(8-11)14(18)20-15(19)17(13)9-10-4-2-1-3-5-10/h6-8,10H,1-5,9H2. The van der Waals surface area contributed by atoms with Crippen molar-refractivity contribution in [2.75, 3.05) is 0 Å². The van der Waals surface area contributed by atoms with E-state index in [1.165, 1.54) is 36.0 Å². The van der Waals surface area contributed by atoms with Gasteiger partial charge in [0.05, 0.1) is 10.9 Å². The number of hydrogen-bond donors (Lipinski definition) is 0. The first kappa shape index (κ1) is 13.1. The van der Waals surface area contributed by atoms with Crippen molar-refractivity contribution in [3.05, 3.63) is 45.0 Å². The van der Waals surface area contributed by atoms with Crippen molar-refractivity contribution < 1.29 is 8.81 Å². The van der Waals surface area contributed by atoms with Crippen molar-refractivity contribution >= 4 is 10.9 Å². The summed E-state index contributed by atoms with van der Waals surface area (Å²) >= 11 is 0. The minimum absolute atomic E-state index is 0.125. The molecule has 0 saturated heterocycles. The molecule has 1 saturated carbocycles. The summed E-state index contributed by atoms with van der Waals surface area (Å²) in [5, 5.41) is 0.125. The van der Waals surface area contributed by atoms with Crippen LogP contribution in [0.5, 0.6) is 0 Å². The number of nitrogens with zero attached hydrogens (tertiary/aromatic N) is 1. The van der Waals surface area contributed by atoms with Gasteiger partial charge in [0.1, 0.15) is 5.82 Å². The van der Waals surface area contributed by atoms with Gasteiger partial charge in [-0.3, -0.25) is 4.57 Å². The van der Waals surface area contributed by atoms with E-state index < -0.39 is 17.2 Å². The van der Waals surface area contributed by atoms with Crippen LogP contribution in [0.15, 0.2) is 32.2 Å². The number of hydrogen-bond acceptors (Lipinski definition) is 3. The molecule has 3 rings (SSSR count). The van der Waals surface area contributed by atoms with Crippen LogP contribution in [0.3, 0.4) is 0 Å². The second kappa shape index (κ2) is 5.23. The summed E-state index contributed by atoms with van der Waals surface area (Å²) in [7, 11) is 0. The Morgan fingerprint density at radius 1 is 1.20 bits per heavy atom. The molecule has 0 amide bonds. The Balaban J connectivity index is 2.09. The fourth-order valence-electron chi connectivity index (χ4n) is 3.00. The zero-order chi connectivity index (χ0) is 14.1. The van der Waals surface area contributed by atoms with Crippen LogP contribution in [0.1, 0.15) is 32.1 Å². The summed E-state index contributed by atoms with van der Waals surface area (Å²) < 4.78 is 19.4. The highest BCUT2D eigenvalue weighted by Gasteiger charge is 2.17. The van der Waals surface area contributed by atoms with Gasteiger partial charge >= 0.3 is 11.4 Å². The molecule has 0 radical (unpaired) electrons. The van der Waals surface area contributed by atoms with E-state index in [1.807, 2.05) is 0 Å². The molecule has 0 unspecified atom stereocenters. The van der Waals surface area contributed by atoms with Crippen molar-refractivity contribution in [3.8, 4) is 0 Å². The zero-order valence-electron chi connectivity index (χ0n) is 11.1. The topological polar surface area (TPSA) is 52.2 Å². The van der Waals surface area contributed by atoms with Gasteiger partial charge in [0.2, 0.25) is 0 Å². The minimum atomic E-state index is -0.774. The molecule has 1 aromatic heterocycles. The Morgan fingerprint density at radius 2 is 1.95 bits per heavy atom. The maximum Gasteiger partial charge on any atom is 0.422 e. The third-order valence-electron chi connectivity index (χ3n) is 4.04. The largest absolute Gasteiger partial charge is 0.422 e. The van der Waals surface area contributed by atoms with Crippen molar-refractivity contribution in [3.63, 3.8) is 0 Å². The molecule has 4 nitrogen and oxygen atoms in total. The van der Waals surface area contributed by atoms with E-state index in [-0.39, 0.29) is 5.39 Å².